The molecule has 1 atom stereocenters. The van der Waals surface area contributed by atoms with E-state index < -0.39 is 6.04 Å². The molecule has 6 heteroatoms. The molecule has 2 amide bonds. The molecule has 0 bridgehead atoms. The van der Waals surface area contributed by atoms with Gasteiger partial charge >= 0.3 is 0 Å². The average Bonchev–Trinajstić information content (AvgIpc) is 2.76. The van der Waals surface area contributed by atoms with Crippen molar-refractivity contribution in [3.63, 3.8) is 0 Å². The molecule has 0 fully saturated rings. The van der Waals surface area contributed by atoms with Crippen LogP contribution in [-0.4, -0.2) is 43.0 Å². The van der Waals surface area contributed by atoms with E-state index in [2.05, 4.69) is 5.32 Å². The Kier molecular flexibility index (Phi) is 9.38. The van der Waals surface area contributed by atoms with Crippen LogP contribution in [-0.2, 0) is 16.1 Å². The predicted octanol–water partition coefficient (Wildman–Crippen LogP) is 3.96. The minimum absolute atomic E-state index is 0.131. The Morgan fingerprint density at radius 3 is 2.35 bits per heavy atom. The van der Waals surface area contributed by atoms with E-state index in [1.165, 1.54) is 0 Å². The van der Waals surface area contributed by atoms with Crippen molar-refractivity contribution in [2.75, 3.05) is 20.3 Å². The summed E-state index contributed by atoms with van der Waals surface area (Å²) in [5, 5.41) is 2.96. The van der Waals surface area contributed by atoms with Crippen molar-refractivity contribution >= 4 is 11.8 Å². The number of carbonyl (C=O) groups is 2. The summed E-state index contributed by atoms with van der Waals surface area (Å²) in [7, 11) is 1.61. The number of rotatable bonds is 11. The lowest BCUT2D eigenvalue weighted by Crippen LogP contribution is -2.50. The van der Waals surface area contributed by atoms with Crippen molar-refractivity contribution in [3.05, 3.63) is 59.7 Å². The van der Waals surface area contributed by atoms with Crippen LogP contribution in [0.2, 0.25) is 0 Å². The maximum atomic E-state index is 13.2. The SMILES string of the molecule is CCC(C(=O)NCC(C)C)N(Cc1ccc(OC)cc1)C(=O)COc1cccc(C)c1. The van der Waals surface area contributed by atoms with Gasteiger partial charge in [-0.25, -0.2) is 0 Å². The Bertz CT molecular complexity index is 849. The average molecular weight is 427 g/mol. The number of methoxy groups -OCH3 is 1. The van der Waals surface area contributed by atoms with Crippen LogP contribution in [0.3, 0.4) is 0 Å². The number of nitrogens with one attached hydrogen (secondary N) is 1. The first-order valence-corrected chi connectivity index (χ1v) is 10.7. The zero-order valence-corrected chi connectivity index (χ0v) is 19.2. The molecule has 0 saturated carbocycles. The van der Waals surface area contributed by atoms with Crippen LogP contribution >= 0.6 is 0 Å². The Labute approximate surface area is 185 Å². The molecule has 2 rings (SSSR count). The van der Waals surface area contributed by atoms with E-state index in [0.717, 1.165) is 16.9 Å². The molecule has 1 unspecified atom stereocenters. The van der Waals surface area contributed by atoms with Crippen molar-refractivity contribution in [2.24, 2.45) is 5.92 Å². The fourth-order valence-electron chi connectivity index (χ4n) is 3.20. The summed E-state index contributed by atoms with van der Waals surface area (Å²) in [6.45, 7) is 8.71. The molecule has 6 nitrogen and oxygen atoms in total. The summed E-state index contributed by atoms with van der Waals surface area (Å²) < 4.78 is 10.9. The first-order chi connectivity index (χ1) is 14.8. The maximum Gasteiger partial charge on any atom is 0.261 e. The fraction of sp³-hybridized carbons (Fsp3) is 0.440. The number of carbonyl (C=O) groups excluding carboxylic acids is 2. The number of hydrogen-bond donors (Lipinski definition) is 1. The van der Waals surface area contributed by atoms with Gasteiger partial charge in [0.15, 0.2) is 6.61 Å². The maximum absolute atomic E-state index is 13.2. The molecule has 168 valence electrons. The molecule has 2 aromatic rings. The predicted molar refractivity (Wildman–Crippen MR) is 122 cm³/mol. The van der Waals surface area contributed by atoms with Gasteiger partial charge in [-0.3, -0.25) is 9.59 Å². The lowest BCUT2D eigenvalue weighted by atomic mass is 10.1. The topological polar surface area (TPSA) is 67.9 Å². The van der Waals surface area contributed by atoms with Crippen LogP contribution in [0.1, 0.15) is 38.3 Å². The third kappa shape index (κ3) is 7.63. The summed E-state index contributed by atoms with van der Waals surface area (Å²) in [5.74, 6) is 1.33. The summed E-state index contributed by atoms with van der Waals surface area (Å²) >= 11 is 0. The van der Waals surface area contributed by atoms with Crippen LogP contribution in [0.15, 0.2) is 48.5 Å². The van der Waals surface area contributed by atoms with Crippen molar-refractivity contribution < 1.29 is 19.1 Å². The Balaban J connectivity index is 2.19. The highest BCUT2D eigenvalue weighted by molar-refractivity contribution is 5.88. The van der Waals surface area contributed by atoms with Crippen molar-refractivity contribution in [2.45, 2.75) is 46.7 Å². The second kappa shape index (κ2) is 12.0. The second-order valence-corrected chi connectivity index (χ2v) is 8.04. The highest BCUT2D eigenvalue weighted by atomic mass is 16.5. The molecule has 0 spiro atoms. The lowest BCUT2D eigenvalue weighted by Gasteiger charge is -2.31. The van der Waals surface area contributed by atoms with E-state index in [-0.39, 0.29) is 18.4 Å². The summed E-state index contributed by atoms with van der Waals surface area (Å²) in [4.78, 5) is 27.6. The van der Waals surface area contributed by atoms with Gasteiger partial charge in [0, 0.05) is 13.1 Å². The quantitative estimate of drug-likeness (QED) is 0.591. The van der Waals surface area contributed by atoms with Gasteiger partial charge in [-0.05, 0) is 54.7 Å². The molecule has 0 heterocycles. The molecule has 31 heavy (non-hydrogen) atoms. The Morgan fingerprint density at radius 2 is 1.77 bits per heavy atom. The van der Waals surface area contributed by atoms with Crippen LogP contribution in [0, 0.1) is 12.8 Å². The fourth-order valence-corrected chi connectivity index (χ4v) is 3.20. The normalized spacial score (nSPS) is 11.7. The zero-order valence-electron chi connectivity index (χ0n) is 19.2. The van der Waals surface area contributed by atoms with E-state index in [1.807, 2.05) is 76.2 Å². The smallest absolute Gasteiger partial charge is 0.261 e. The number of ether oxygens (including phenoxy) is 2. The van der Waals surface area contributed by atoms with Crippen LogP contribution in [0.25, 0.3) is 0 Å². The van der Waals surface area contributed by atoms with Gasteiger partial charge in [-0.15, -0.1) is 0 Å². The van der Waals surface area contributed by atoms with Gasteiger partial charge in [-0.2, -0.15) is 0 Å². The number of nitrogens with zero attached hydrogens (tertiary/aromatic N) is 1. The monoisotopic (exact) mass is 426 g/mol. The molecule has 0 aliphatic carbocycles. The molecule has 0 saturated heterocycles. The molecular weight excluding hydrogens is 392 g/mol. The van der Waals surface area contributed by atoms with Crippen molar-refractivity contribution in [1.82, 2.24) is 10.2 Å². The van der Waals surface area contributed by atoms with Gasteiger partial charge in [0.2, 0.25) is 5.91 Å². The van der Waals surface area contributed by atoms with Gasteiger partial charge in [-0.1, -0.05) is 45.0 Å². The third-order valence-corrected chi connectivity index (χ3v) is 4.93. The van der Waals surface area contributed by atoms with E-state index in [9.17, 15) is 9.59 Å². The number of benzene rings is 2. The van der Waals surface area contributed by atoms with Gasteiger partial charge in [0.05, 0.1) is 7.11 Å². The van der Waals surface area contributed by atoms with Crippen LogP contribution in [0.5, 0.6) is 11.5 Å². The molecule has 0 radical (unpaired) electrons. The van der Waals surface area contributed by atoms with E-state index in [0.29, 0.717) is 31.2 Å². The van der Waals surface area contributed by atoms with E-state index in [4.69, 9.17) is 9.47 Å². The summed E-state index contributed by atoms with van der Waals surface area (Å²) in [6, 6.07) is 14.5. The Morgan fingerprint density at radius 1 is 1.06 bits per heavy atom. The van der Waals surface area contributed by atoms with Crippen molar-refractivity contribution in [3.8, 4) is 11.5 Å². The van der Waals surface area contributed by atoms with E-state index >= 15 is 0 Å². The van der Waals surface area contributed by atoms with Gasteiger partial charge in [0.25, 0.3) is 5.91 Å². The highest BCUT2D eigenvalue weighted by Crippen LogP contribution is 2.17. The third-order valence-electron chi connectivity index (χ3n) is 4.93. The number of aryl methyl sites for hydroxylation is 1. The summed E-state index contributed by atoms with van der Waals surface area (Å²) in [6.07, 6.45) is 0.510. The lowest BCUT2D eigenvalue weighted by molar-refractivity contribution is -0.143. The van der Waals surface area contributed by atoms with E-state index in [1.54, 1.807) is 12.0 Å². The second-order valence-electron chi connectivity index (χ2n) is 8.04. The minimum Gasteiger partial charge on any atom is -0.497 e. The molecule has 0 aliphatic heterocycles. The summed E-state index contributed by atoms with van der Waals surface area (Å²) in [5.41, 5.74) is 1.97. The minimum atomic E-state index is -0.575. The molecular formula is C25H34N2O4. The molecule has 0 aliphatic rings. The van der Waals surface area contributed by atoms with Gasteiger partial charge < -0.3 is 19.7 Å². The highest BCUT2D eigenvalue weighted by Gasteiger charge is 2.29. The van der Waals surface area contributed by atoms with Crippen LogP contribution in [0.4, 0.5) is 0 Å². The number of hydrogen-bond acceptors (Lipinski definition) is 4. The largest absolute Gasteiger partial charge is 0.497 e. The molecule has 0 aromatic heterocycles. The van der Waals surface area contributed by atoms with Crippen molar-refractivity contribution in [1.29, 1.82) is 0 Å². The van der Waals surface area contributed by atoms with Gasteiger partial charge in [0.1, 0.15) is 17.5 Å². The standard InChI is InChI=1S/C25H34N2O4/c1-6-23(25(29)26-15-18(2)3)27(16-20-10-12-21(30-5)13-11-20)24(28)17-31-22-9-7-8-19(4)14-22/h7-14,18,23H,6,15-17H2,1-5H3,(H,26,29). The van der Waals surface area contributed by atoms with Crippen LogP contribution < -0.4 is 14.8 Å². The molecule has 2 aromatic carbocycles. The number of amides is 2. The molecule has 1 N–H and O–H groups in total. The first-order valence-electron chi connectivity index (χ1n) is 10.7. The first kappa shape index (κ1) is 24.3. The Hall–Kier alpha value is -3.02. The zero-order chi connectivity index (χ0) is 22.8.